The highest BCUT2D eigenvalue weighted by Gasteiger charge is 2.70. The first-order chi connectivity index (χ1) is 14.2. The molecule has 10 heteroatoms. The van der Waals surface area contributed by atoms with E-state index in [2.05, 4.69) is 21.2 Å². The molecule has 2 unspecified atom stereocenters. The van der Waals surface area contributed by atoms with Gasteiger partial charge in [0.25, 0.3) is 5.91 Å². The first-order valence-corrected chi connectivity index (χ1v) is 11.3. The molecule has 0 aromatic heterocycles. The van der Waals surface area contributed by atoms with Gasteiger partial charge in [-0.2, -0.15) is 4.31 Å². The highest BCUT2D eigenvalue weighted by Crippen LogP contribution is 2.51. The topological polar surface area (TPSA) is 110 Å². The summed E-state index contributed by atoms with van der Waals surface area (Å²) in [7, 11) is -3.05. The Hall–Kier alpha value is -2.56. The molecule has 30 heavy (non-hydrogen) atoms. The molecule has 0 radical (unpaired) electrons. The molecule has 0 saturated carbocycles. The average molecular weight is 493 g/mol. The standard InChI is InChI=1S/C20H17BrN2O6S/c1-29-18(25)16-17(24)22-19(26)20(16)14-4-2-3-5-15(14)30(27,28)23(20)11-10-12-6-8-13(21)9-7-12/h2-9,16H,10-11H2,1H3,(H,22,24,26). The van der Waals surface area contributed by atoms with Crippen molar-refractivity contribution in [2.45, 2.75) is 16.9 Å². The summed E-state index contributed by atoms with van der Waals surface area (Å²) in [6, 6.07) is 13.2. The largest absolute Gasteiger partial charge is 0.468 e. The van der Waals surface area contributed by atoms with E-state index in [1.807, 2.05) is 24.3 Å². The number of hydrogen-bond acceptors (Lipinski definition) is 6. The summed E-state index contributed by atoms with van der Waals surface area (Å²) in [5.41, 5.74) is -1.09. The van der Waals surface area contributed by atoms with Crippen molar-refractivity contribution in [1.29, 1.82) is 0 Å². The molecule has 1 saturated heterocycles. The summed E-state index contributed by atoms with van der Waals surface area (Å²) in [6.45, 7) is -0.104. The van der Waals surface area contributed by atoms with Gasteiger partial charge in [-0.15, -0.1) is 0 Å². The van der Waals surface area contributed by atoms with Gasteiger partial charge < -0.3 is 4.74 Å². The number of esters is 1. The van der Waals surface area contributed by atoms with Crippen LogP contribution >= 0.6 is 15.9 Å². The predicted molar refractivity (Wildman–Crippen MR) is 109 cm³/mol. The first-order valence-electron chi connectivity index (χ1n) is 9.04. The fourth-order valence-electron chi connectivity index (χ4n) is 4.16. The maximum atomic E-state index is 13.4. The van der Waals surface area contributed by atoms with E-state index in [0.717, 1.165) is 21.5 Å². The summed E-state index contributed by atoms with van der Waals surface area (Å²) < 4.78 is 33.4. The van der Waals surface area contributed by atoms with E-state index in [1.54, 1.807) is 6.07 Å². The molecule has 2 heterocycles. The molecule has 1 fully saturated rings. The smallest absolute Gasteiger partial charge is 0.321 e. The fraction of sp³-hybridized carbons (Fsp3) is 0.250. The monoisotopic (exact) mass is 492 g/mol. The van der Waals surface area contributed by atoms with Crippen LogP contribution in [0.3, 0.4) is 0 Å². The Morgan fingerprint density at radius 2 is 1.83 bits per heavy atom. The van der Waals surface area contributed by atoms with Crippen LogP contribution in [0.25, 0.3) is 0 Å². The Bertz CT molecular complexity index is 1160. The van der Waals surface area contributed by atoms with Crippen LogP contribution in [0.1, 0.15) is 11.1 Å². The number of carbonyl (C=O) groups excluding carboxylic acids is 3. The van der Waals surface area contributed by atoms with Gasteiger partial charge in [-0.25, -0.2) is 8.42 Å². The average Bonchev–Trinajstić information content (AvgIpc) is 3.09. The zero-order chi connectivity index (χ0) is 21.7. The lowest BCUT2D eigenvalue weighted by Gasteiger charge is -2.34. The Balaban J connectivity index is 1.88. The number of amides is 2. The highest BCUT2D eigenvalue weighted by molar-refractivity contribution is 9.10. The van der Waals surface area contributed by atoms with Crippen LogP contribution in [0.4, 0.5) is 0 Å². The lowest BCUT2D eigenvalue weighted by molar-refractivity contribution is -0.154. The number of nitrogens with one attached hydrogen (secondary N) is 1. The molecule has 1 N–H and O–H groups in total. The number of nitrogens with zero attached hydrogens (tertiary/aromatic N) is 1. The van der Waals surface area contributed by atoms with Crippen LogP contribution in [0.5, 0.6) is 0 Å². The van der Waals surface area contributed by atoms with Gasteiger partial charge in [0.05, 0.1) is 12.0 Å². The normalized spacial score (nSPS) is 24.7. The number of ether oxygens (including phenoxy) is 1. The number of carbonyl (C=O) groups is 3. The van der Waals surface area contributed by atoms with Crippen molar-refractivity contribution < 1.29 is 27.5 Å². The Morgan fingerprint density at radius 3 is 2.50 bits per heavy atom. The van der Waals surface area contributed by atoms with Gasteiger partial charge in [0.15, 0.2) is 11.5 Å². The molecular formula is C20H17BrN2O6S. The zero-order valence-electron chi connectivity index (χ0n) is 15.8. The van der Waals surface area contributed by atoms with Crippen LogP contribution < -0.4 is 5.32 Å². The molecule has 2 aromatic carbocycles. The number of methoxy groups -OCH3 is 1. The van der Waals surface area contributed by atoms with Gasteiger partial charge in [0.2, 0.25) is 15.9 Å². The Kier molecular flexibility index (Phi) is 5.03. The summed E-state index contributed by atoms with van der Waals surface area (Å²) in [5, 5.41) is 2.14. The minimum absolute atomic E-state index is 0.0968. The van der Waals surface area contributed by atoms with Gasteiger partial charge in [0.1, 0.15) is 0 Å². The molecule has 2 aliphatic heterocycles. The van der Waals surface area contributed by atoms with Crippen molar-refractivity contribution in [3.05, 3.63) is 64.1 Å². The second kappa shape index (κ2) is 7.29. The minimum Gasteiger partial charge on any atom is -0.468 e. The molecule has 8 nitrogen and oxygen atoms in total. The molecular weight excluding hydrogens is 476 g/mol. The van der Waals surface area contributed by atoms with E-state index >= 15 is 0 Å². The van der Waals surface area contributed by atoms with Crippen molar-refractivity contribution in [2.75, 3.05) is 13.7 Å². The number of benzene rings is 2. The maximum absolute atomic E-state index is 13.4. The van der Waals surface area contributed by atoms with Crippen LogP contribution in [0.15, 0.2) is 57.9 Å². The van der Waals surface area contributed by atoms with Crippen molar-refractivity contribution in [3.8, 4) is 0 Å². The second-order valence-corrected chi connectivity index (χ2v) is 9.74. The van der Waals surface area contributed by atoms with Crippen LogP contribution in [-0.2, 0) is 41.1 Å². The maximum Gasteiger partial charge on any atom is 0.321 e. The van der Waals surface area contributed by atoms with Crippen molar-refractivity contribution in [3.63, 3.8) is 0 Å². The molecule has 2 amide bonds. The minimum atomic E-state index is -4.14. The zero-order valence-corrected chi connectivity index (χ0v) is 18.2. The summed E-state index contributed by atoms with van der Waals surface area (Å²) in [6.07, 6.45) is 0.275. The third-order valence-electron chi connectivity index (χ3n) is 5.48. The molecule has 1 spiro atoms. The summed E-state index contributed by atoms with van der Waals surface area (Å²) >= 11 is 3.35. The van der Waals surface area contributed by atoms with Crippen LogP contribution in [0, 0.1) is 5.92 Å². The second-order valence-electron chi connectivity index (χ2n) is 6.99. The summed E-state index contributed by atoms with van der Waals surface area (Å²) in [4.78, 5) is 38.1. The van der Waals surface area contributed by atoms with E-state index < -0.39 is 39.3 Å². The number of imide groups is 1. The van der Waals surface area contributed by atoms with E-state index in [-0.39, 0.29) is 23.4 Å². The van der Waals surface area contributed by atoms with Gasteiger partial charge in [-0.1, -0.05) is 46.3 Å². The number of sulfonamides is 1. The van der Waals surface area contributed by atoms with E-state index in [0.29, 0.717) is 0 Å². The van der Waals surface area contributed by atoms with Gasteiger partial charge in [-0.3, -0.25) is 19.7 Å². The summed E-state index contributed by atoms with van der Waals surface area (Å²) in [5.74, 6) is -4.35. The van der Waals surface area contributed by atoms with Gasteiger partial charge in [0, 0.05) is 16.6 Å². The van der Waals surface area contributed by atoms with Crippen LogP contribution in [0.2, 0.25) is 0 Å². The lowest BCUT2D eigenvalue weighted by Crippen LogP contribution is -2.55. The van der Waals surface area contributed by atoms with Crippen LogP contribution in [-0.4, -0.2) is 44.2 Å². The molecule has 2 aromatic rings. The molecule has 156 valence electrons. The molecule has 2 aliphatic rings. The lowest BCUT2D eigenvalue weighted by atomic mass is 9.79. The van der Waals surface area contributed by atoms with E-state index in [4.69, 9.17) is 4.74 Å². The Labute approximate surface area is 181 Å². The number of fused-ring (bicyclic) bond motifs is 2. The first kappa shape index (κ1) is 20.7. The SMILES string of the molecule is COC(=O)C1C(=O)NC(=O)C12c1ccccc1S(=O)(=O)N2CCc1ccc(Br)cc1. The van der Waals surface area contributed by atoms with E-state index in [1.165, 1.54) is 18.2 Å². The van der Waals surface area contributed by atoms with Crippen molar-refractivity contribution in [1.82, 2.24) is 9.62 Å². The fourth-order valence-corrected chi connectivity index (χ4v) is 6.41. The third-order valence-corrected chi connectivity index (χ3v) is 7.97. The number of hydrogen-bond donors (Lipinski definition) is 1. The van der Waals surface area contributed by atoms with E-state index in [9.17, 15) is 22.8 Å². The van der Waals surface area contributed by atoms with Gasteiger partial charge in [-0.05, 0) is 30.2 Å². The van der Waals surface area contributed by atoms with Crippen molar-refractivity contribution >= 4 is 43.7 Å². The quantitative estimate of drug-likeness (QED) is 0.391. The third kappa shape index (κ3) is 2.82. The van der Waals surface area contributed by atoms with Crippen molar-refractivity contribution in [2.24, 2.45) is 5.92 Å². The van der Waals surface area contributed by atoms with Gasteiger partial charge >= 0.3 is 5.97 Å². The molecule has 0 aliphatic carbocycles. The number of rotatable bonds is 4. The molecule has 2 atom stereocenters. The molecule has 4 rings (SSSR count). The number of halogens is 1. The highest BCUT2D eigenvalue weighted by atomic mass is 79.9. The molecule has 0 bridgehead atoms. The predicted octanol–water partition coefficient (Wildman–Crippen LogP) is 1.34. The Morgan fingerprint density at radius 1 is 1.17 bits per heavy atom.